The molecule has 0 saturated heterocycles. The van der Waals surface area contributed by atoms with Crippen molar-refractivity contribution in [2.24, 2.45) is 0 Å². The molecule has 0 atom stereocenters. The van der Waals surface area contributed by atoms with E-state index in [1.165, 1.54) is 12.1 Å². The number of alkyl halides is 1. The zero-order valence-electron chi connectivity index (χ0n) is 11.2. The van der Waals surface area contributed by atoms with Gasteiger partial charge in [0.05, 0.1) is 0 Å². The Hall–Kier alpha value is -1.81. The number of hydrogen-bond donors (Lipinski definition) is 0. The first-order chi connectivity index (χ1) is 9.51. The van der Waals surface area contributed by atoms with Gasteiger partial charge >= 0.3 is 0 Å². The molecule has 0 bridgehead atoms. The number of halogens is 3. The van der Waals surface area contributed by atoms with Gasteiger partial charge in [-0.2, -0.15) is 0 Å². The van der Waals surface area contributed by atoms with Gasteiger partial charge in [-0.25, -0.2) is 8.78 Å². The zero-order valence-corrected chi connectivity index (χ0v) is 11.9. The zero-order chi connectivity index (χ0) is 14.7. The molecule has 0 heterocycles. The Kier molecular flexibility index (Phi) is 4.45. The van der Waals surface area contributed by atoms with Crippen LogP contribution in [0.25, 0.3) is 0 Å². The maximum absolute atomic E-state index is 13.8. The summed E-state index contributed by atoms with van der Waals surface area (Å²) in [4.78, 5) is 1.87. The third-order valence-electron chi connectivity index (χ3n) is 2.77. The second-order valence-electron chi connectivity index (χ2n) is 4.52. The van der Waals surface area contributed by atoms with Gasteiger partial charge in [-0.05, 0) is 29.8 Å². The van der Waals surface area contributed by atoms with Gasteiger partial charge in [-0.3, -0.25) is 0 Å². The fourth-order valence-corrected chi connectivity index (χ4v) is 1.88. The average Bonchev–Trinajstić information content (AvgIpc) is 2.42. The molecular weight excluding hydrogens is 284 g/mol. The summed E-state index contributed by atoms with van der Waals surface area (Å²) in [5.74, 6) is -1.54. The number of anilines is 1. The van der Waals surface area contributed by atoms with Gasteiger partial charge in [0.15, 0.2) is 17.4 Å². The van der Waals surface area contributed by atoms with Gasteiger partial charge in [0.25, 0.3) is 0 Å². The standard InChI is InChI=1S/C15H14ClF2NO/c1-19(2)11-4-3-5-12(8-11)20-15-13(17)6-10(9-16)7-14(15)18/h3-8H,9H2,1-2H3. The van der Waals surface area contributed by atoms with Crippen molar-refractivity contribution in [1.82, 2.24) is 0 Å². The fourth-order valence-electron chi connectivity index (χ4n) is 1.73. The minimum absolute atomic E-state index is 0.0459. The van der Waals surface area contributed by atoms with E-state index in [9.17, 15) is 8.78 Å². The summed E-state index contributed by atoms with van der Waals surface area (Å²) >= 11 is 5.56. The molecule has 0 N–H and O–H groups in total. The van der Waals surface area contributed by atoms with Crippen LogP contribution in [0.1, 0.15) is 5.56 Å². The summed E-state index contributed by atoms with van der Waals surface area (Å²) in [5, 5.41) is 0. The molecule has 2 rings (SSSR count). The minimum Gasteiger partial charge on any atom is -0.451 e. The highest BCUT2D eigenvalue weighted by Gasteiger charge is 2.13. The average molecular weight is 298 g/mol. The van der Waals surface area contributed by atoms with Gasteiger partial charge in [0.2, 0.25) is 0 Å². The van der Waals surface area contributed by atoms with E-state index < -0.39 is 17.4 Å². The Balaban J connectivity index is 2.32. The molecule has 0 amide bonds. The molecule has 106 valence electrons. The van der Waals surface area contributed by atoms with Gasteiger partial charge in [0, 0.05) is 31.7 Å². The topological polar surface area (TPSA) is 12.5 Å². The fraction of sp³-hybridized carbons (Fsp3) is 0.200. The molecule has 0 unspecified atom stereocenters. The van der Waals surface area contributed by atoms with Crippen LogP contribution in [-0.2, 0) is 5.88 Å². The number of hydrogen-bond acceptors (Lipinski definition) is 2. The highest BCUT2D eigenvalue weighted by atomic mass is 35.5. The van der Waals surface area contributed by atoms with Crippen LogP contribution in [0, 0.1) is 11.6 Å². The molecule has 2 aromatic carbocycles. The van der Waals surface area contributed by atoms with E-state index in [1.54, 1.807) is 18.2 Å². The Labute approximate surface area is 121 Å². The summed E-state index contributed by atoms with van der Waals surface area (Å²) in [7, 11) is 3.74. The lowest BCUT2D eigenvalue weighted by molar-refractivity contribution is 0.407. The summed E-state index contributed by atoms with van der Waals surface area (Å²) in [6.07, 6.45) is 0. The number of benzene rings is 2. The molecule has 0 saturated carbocycles. The Morgan fingerprint density at radius 2 is 1.75 bits per heavy atom. The van der Waals surface area contributed by atoms with Crippen LogP contribution in [-0.4, -0.2) is 14.1 Å². The molecule has 0 spiro atoms. The Morgan fingerprint density at radius 3 is 2.30 bits per heavy atom. The van der Waals surface area contributed by atoms with Crippen LogP contribution in [0.2, 0.25) is 0 Å². The first-order valence-electron chi connectivity index (χ1n) is 6.00. The molecule has 20 heavy (non-hydrogen) atoms. The monoisotopic (exact) mass is 297 g/mol. The number of ether oxygens (including phenoxy) is 1. The summed E-state index contributed by atoms with van der Waals surface area (Å²) in [6.45, 7) is 0. The van der Waals surface area contributed by atoms with Crippen molar-refractivity contribution in [2.75, 3.05) is 19.0 Å². The minimum atomic E-state index is -0.768. The molecule has 0 radical (unpaired) electrons. The normalized spacial score (nSPS) is 10.4. The van der Waals surface area contributed by atoms with Gasteiger partial charge in [-0.15, -0.1) is 11.6 Å². The molecule has 0 fully saturated rings. The Bertz CT molecular complexity index is 594. The predicted octanol–water partition coefficient (Wildman–Crippen LogP) is 4.56. The van der Waals surface area contributed by atoms with E-state index in [0.717, 1.165) is 5.69 Å². The van der Waals surface area contributed by atoms with E-state index in [2.05, 4.69) is 0 Å². The van der Waals surface area contributed by atoms with Gasteiger partial charge in [-0.1, -0.05) is 6.07 Å². The van der Waals surface area contributed by atoms with Crippen LogP contribution >= 0.6 is 11.6 Å². The van der Waals surface area contributed by atoms with Crippen LogP contribution in [0.5, 0.6) is 11.5 Å². The maximum Gasteiger partial charge on any atom is 0.198 e. The molecule has 0 aliphatic carbocycles. The van der Waals surface area contributed by atoms with Crippen LogP contribution in [0.3, 0.4) is 0 Å². The number of nitrogens with zero attached hydrogens (tertiary/aromatic N) is 1. The highest BCUT2D eigenvalue weighted by Crippen LogP contribution is 2.30. The largest absolute Gasteiger partial charge is 0.451 e. The molecule has 0 aromatic heterocycles. The maximum atomic E-state index is 13.8. The van der Waals surface area contributed by atoms with Gasteiger partial charge < -0.3 is 9.64 Å². The van der Waals surface area contributed by atoms with E-state index in [1.807, 2.05) is 25.1 Å². The molecule has 0 aliphatic heterocycles. The SMILES string of the molecule is CN(C)c1cccc(Oc2c(F)cc(CCl)cc2F)c1. The lowest BCUT2D eigenvalue weighted by atomic mass is 10.2. The summed E-state index contributed by atoms with van der Waals surface area (Å²) < 4.78 is 32.9. The molecule has 2 nitrogen and oxygen atoms in total. The van der Waals surface area contributed by atoms with Crippen molar-refractivity contribution >= 4 is 17.3 Å². The lowest BCUT2D eigenvalue weighted by Crippen LogP contribution is -2.08. The van der Waals surface area contributed by atoms with E-state index >= 15 is 0 Å². The first-order valence-corrected chi connectivity index (χ1v) is 6.54. The first kappa shape index (κ1) is 14.6. The quantitative estimate of drug-likeness (QED) is 0.767. The van der Waals surface area contributed by atoms with E-state index in [4.69, 9.17) is 16.3 Å². The smallest absolute Gasteiger partial charge is 0.198 e. The lowest BCUT2D eigenvalue weighted by Gasteiger charge is -2.14. The second-order valence-corrected chi connectivity index (χ2v) is 4.78. The molecule has 2 aromatic rings. The molecular formula is C15H14ClF2NO. The van der Waals surface area contributed by atoms with E-state index in [-0.39, 0.29) is 5.88 Å². The second kappa shape index (κ2) is 6.09. The van der Waals surface area contributed by atoms with Crippen molar-refractivity contribution in [3.05, 3.63) is 53.6 Å². The predicted molar refractivity (Wildman–Crippen MR) is 76.8 cm³/mol. The van der Waals surface area contributed by atoms with Crippen molar-refractivity contribution in [3.63, 3.8) is 0 Å². The third kappa shape index (κ3) is 3.20. The van der Waals surface area contributed by atoms with Crippen molar-refractivity contribution < 1.29 is 13.5 Å². The van der Waals surface area contributed by atoms with Gasteiger partial charge in [0.1, 0.15) is 5.75 Å². The highest BCUT2D eigenvalue weighted by molar-refractivity contribution is 6.17. The van der Waals surface area contributed by atoms with E-state index in [0.29, 0.717) is 11.3 Å². The van der Waals surface area contributed by atoms with Crippen LogP contribution in [0.4, 0.5) is 14.5 Å². The number of rotatable bonds is 4. The molecule has 0 aliphatic rings. The van der Waals surface area contributed by atoms with Crippen molar-refractivity contribution in [3.8, 4) is 11.5 Å². The van der Waals surface area contributed by atoms with Crippen molar-refractivity contribution in [2.45, 2.75) is 5.88 Å². The van der Waals surface area contributed by atoms with Crippen LogP contribution in [0.15, 0.2) is 36.4 Å². The van der Waals surface area contributed by atoms with Crippen molar-refractivity contribution in [1.29, 1.82) is 0 Å². The molecule has 5 heteroatoms. The summed E-state index contributed by atoms with van der Waals surface area (Å²) in [5.41, 5.74) is 1.25. The third-order valence-corrected chi connectivity index (χ3v) is 3.07. The summed E-state index contributed by atoms with van der Waals surface area (Å²) in [6, 6.07) is 9.31. The Morgan fingerprint density at radius 1 is 1.10 bits per heavy atom. The van der Waals surface area contributed by atoms with Crippen LogP contribution < -0.4 is 9.64 Å².